The van der Waals surface area contributed by atoms with Crippen molar-refractivity contribution in [3.05, 3.63) is 28.2 Å². The molecule has 1 fully saturated rings. The van der Waals surface area contributed by atoms with Crippen molar-refractivity contribution in [1.82, 2.24) is 5.32 Å². The highest BCUT2D eigenvalue weighted by atomic mass is 79.9. The van der Waals surface area contributed by atoms with Crippen LogP contribution in [0.4, 0.5) is 0 Å². The molecule has 0 aliphatic carbocycles. The van der Waals surface area contributed by atoms with E-state index in [-0.39, 0.29) is 6.04 Å². The topological polar surface area (TPSA) is 41.5 Å². The van der Waals surface area contributed by atoms with Gasteiger partial charge in [0.15, 0.2) is 0 Å². The van der Waals surface area contributed by atoms with Crippen molar-refractivity contribution in [2.45, 2.75) is 38.8 Å². The fourth-order valence-electron chi connectivity index (χ4n) is 2.62. The number of rotatable bonds is 5. The number of nitrogens with one attached hydrogen (secondary N) is 1. The van der Waals surface area contributed by atoms with E-state index in [4.69, 9.17) is 4.74 Å². The Kier molecular flexibility index (Phi) is 5.25. The third-order valence-electron chi connectivity index (χ3n) is 3.93. The van der Waals surface area contributed by atoms with Gasteiger partial charge in [-0.2, -0.15) is 0 Å². The number of hydrogen-bond acceptors (Lipinski definition) is 3. The molecule has 2 N–H and O–H groups in total. The maximum atomic E-state index is 9.99. The van der Waals surface area contributed by atoms with Crippen molar-refractivity contribution in [3.8, 4) is 5.75 Å². The molecule has 1 aliphatic rings. The minimum atomic E-state index is 0.185. The van der Waals surface area contributed by atoms with Crippen LogP contribution in [0, 0.1) is 5.92 Å². The van der Waals surface area contributed by atoms with E-state index in [0.717, 1.165) is 36.0 Å². The summed E-state index contributed by atoms with van der Waals surface area (Å²) in [5, 5.41) is 13.6. The molecule has 1 saturated heterocycles. The summed E-state index contributed by atoms with van der Waals surface area (Å²) in [6, 6.07) is 5.78. The van der Waals surface area contributed by atoms with Gasteiger partial charge in [-0.25, -0.2) is 0 Å². The van der Waals surface area contributed by atoms with Gasteiger partial charge in [-0.3, -0.25) is 0 Å². The second-order valence-electron chi connectivity index (χ2n) is 5.20. The van der Waals surface area contributed by atoms with Gasteiger partial charge in [-0.1, -0.05) is 22.9 Å². The lowest BCUT2D eigenvalue weighted by atomic mass is 9.99. The highest BCUT2D eigenvalue weighted by Crippen LogP contribution is 2.30. The average molecular weight is 328 g/mol. The van der Waals surface area contributed by atoms with Gasteiger partial charge in [0.05, 0.1) is 6.10 Å². The van der Waals surface area contributed by atoms with Gasteiger partial charge in [-0.15, -0.1) is 0 Å². The monoisotopic (exact) mass is 327 g/mol. The van der Waals surface area contributed by atoms with Crippen LogP contribution in [0.1, 0.15) is 38.3 Å². The maximum Gasteiger partial charge on any atom is 0.120 e. The van der Waals surface area contributed by atoms with E-state index in [1.54, 1.807) is 6.07 Å². The largest absolute Gasteiger partial charge is 0.508 e. The molecule has 0 saturated carbocycles. The van der Waals surface area contributed by atoms with Crippen LogP contribution in [0.25, 0.3) is 0 Å². The summed E-state index contributed by atoms with van der Waals surface area (Å²) < 4.78 is 6.58. The van der Waals surface area contributed by atoms with Gasteiger partial charge in [0.2, 0.25) is 0 Å². The number of benzene rings is 1. The molecule has 106 valence electrons. The molecule has 1 aromatic rings. The van der Waals surface area contributed by atoms with E-state index in [1.165, 1.54) is 0 Å². The Balaban J connectivity index is 2.01. The highest BCUT2D eigenvalue weighted by molar-refractivity contribution is 9.10. The molecule has 1 aliphatic heterocycles. The third-order valence-corrected chi connectivity index (χ3v) is 4.43. The molecular weight excluding hydrogens is 306 g/mol. The van der Waals surface area contributed by atoms with Crippen molar-refractivity contribution in [3.63, 3.8) is 0 Å². The lowest BCUT2D eigenvalue weighted by Gasteiger charge is -2.22. The molecule has 3 atom stereocenters. The molecular formula is C15H22BrNO2. The first-order chi connectivity index (χ1) is 9.11. The summed E-state index contributed by atoms with van der Waals surface area (Å²) >= 11 is 3.46. The zero-order valence-electron chi connectivity index (χ0n) is 11.5. The van der Waals surface area contributed by atoms with Crippen molar-refractivity contribution < 1.29 is 9.84 Å². The van der Waals surface area contributed by atoms with Crippen LogP contribution in [-0.2, 0) is 4.74 Å². The fourth-order valence-corrected chi connectivity index (χ4v) is 3.00. The predicted octanol–water partition coefficient (Wildman–Crippen LogP) is 3.62. The Labute approximate surface area is 123 Å². The Morgan fingerprint density at radius 2 is 2.32 bits per heavy atom. The first-order valence-corrected chi connectivity index (χ1v) is 7.74. The normalized spacial score (nSPS) is 24.6. The van der Waals surface area contributed by atoms with Crippen LogP contribution in [0.5, 0.6) is 5.75 Å². The zero-order chi connectivity index (χ0) is 13.8. The Morgan fingerprint density at radius 1 is 1.53 bits per heavy atom. The van der Waals surface area contributed by atoms with E-state index >= 15 is 0 Å². The number of halogens is 1. The van der Waals surface area contributed by atoms with Gasteiger partial charge >= 0.3 is 0 Å². The second kappa shape index (κ2) is 6.73. The molecule has 0 spiro atoms. The smallest absolute Gasteiger partial charge is 0.120 e. The molecule has 2 rings (SSSR count). The number of ether oxygens (including phenoxy) is 1. The lowest BCUT2D eigenvalue weighted by Crippen LogP contribution is -2.30. The summed E-state index contributed by atoms with van der Waals surface area (Å²) in [5.74, 6) is 0.932. The highest BCUT2D eigenvalue weighted by Gasteiger charge is 2.25. The molecule has 19 heavy (non-hydrogen) atoms. The lowest BCUT2D eigenvalue weighted by molar-refractivity contribution is 0.105. The van der Waals surface area contributed by atoms with Crippen molar-refractivity contribution in [2.24, 2.45) is 5.92 Å². The average Bonchev–Trinajstić information content (AvgIpc) is 2.80. The summed E-state index contributed by atoms with van der Waals surface area (Å²) in [4.78, 5) is 0. The molecule has 0 radical (unpaired) electrons. The number of phenols is 1. The Morgan fingerprint density at radius 3 is 2.95 bits per heavy atom. The molecule has 0 bridgehead atoms. The van der Waals surface area contributed by atoms with Crippen LogP contribution in [-0.4, -0.2) is 24.4 Å². The second-order valence-corrected chi connectivity index (χ2v) is 6.11. The van der Waals surface area contributed by atoms with Gasteiger partial charge in [0.25, 0.3) is 0 Å². The molecule has 1 aromatic carbocycles. The van der Waals surface area contributed by atoms with Crippen LogP contribution in [0.3, 0.4) is 0 Å². The van der Waals surface area contributed by atoms with Gasteiger partial charge < -0.3 is 15.2 Å². The standard InChI is InChI=1S/C15H22BrNO2/c1-3-14(13-8-12(16)4-5-15(13)18)17-9-11-6-7-19-10(11)2/h4-5,8,10-11,14,17-18H,3,6-7,9H2,1-2H3. The van der Waals surface area contributed by atoms with E-state index in [1.807, 2.05) is 12.1 Å². The summed E-state index contributed by atoms with van der Waals surface area (Å²) in [5.41, 5.74) is 0.962. The Bertz CT molecular complexity index is 425. The summed E-state index contributed by atoms with van der Waals surface area (Å²) in [7, 11) is 0. The predicted molar refractivity (Wildman–Crippen MR) is 80.4 cm³/mol. The van der Waals surface area contributed by atoms with Crippen LogP contribution in [0.2, 0.25) is 0 Å². The van der Waals surface area contributed by atoms with Crippen LogP contribution < -0.4 is 5.32 Å². The summed E-state index contributed by atoms with van der Waals surface area (Å²) in [6.45, 7) is 6.07. The Hall–Kier alpha value is -0.580. The minimum absolute atomic E-state index is 0.185. The number of phenolic OH excluding ortho intramolecular Hbond substituents is 1. The van der Waals surface area contributed by atoms with Gasteiger partial charge in [-0.05, 0) is 43.9 Å². The minimum Gasteiger partial charge on any atom is -0.508 e. The quantitative estimate of drug-likeness (QED) is 0.867. The van der Waals surface area contributed by atoms with Crippen LogP contribution >= 0.6 is 15.9 Å². The summed E-state index contributed by atoms with van der Waals surface area (Å²) in [6.07, 6.45) is 2.40. The molecule has 4 heteroatoms. The van der Waals surface area contributed by atoms with Crippen molar-refractivity contribution in [2.75, 3.05) is 13.2 Å². The SMILES string of the molecule is CCC(NCC1CCOC1C)c1cc(Br)ccc1O. The molecule has 3 unspecified atom stereocenters. The molecule has 3 nitrogen and oxygen atoms in total. The van der Waals surface area contributed by atoms with Crippen LogP contribution in [0.15, 0.2) is 22.7 Å². The maximum absolute atomic E-state index is 9.99. The van der Waals surface area contributed by atoms with Crippen molar-refractivity contribution >= 4 is 15.9 Å². The zero-order valence-corrected chi connectivity index (χ0v) is 13.1. The number of hydrogen-bond donors (Lipinski definition) is 2. The van der Waals surface area contributed by atoms with E-state index in [0.29, 0.717) is 17.8 Å². The molecule has 0 aromatic heterocycles. The first-order valence-electron chi connectivity index (χ1n) is 6.95. The van der Waals surface area contributed by atoms with Gasteiger partial charge in [0, 0.05) is 29.2 Å². The van der Waals surface area contributed by atoms with E-state index in [2.05, 4.69) is 35.1 Å². The number of aromatic hydroxyl groups is 1. The molecule has 1 heterocycles. The fraction of sp³-hybridized carbons (Fsp3) is 0.600. The third kappa shape index (κ3) is 3.71. The van der Waals surface area contributed by atoms with E-state index < -0.39 is 0 Å². The molecule has 0 amide bonds. The van der Waals surface area contributed by atoms with E-state index in [9.17, 15) is 5.11 Å². The first kappa shape index (κ1) is 14.8. The van der Waals surface area contributed by atoms with Gasteiger partial charge in [0.1, 0.15) is 5.75 Å². The van der Waals surface area contributed by atoms with Crippen molar-refractivity contribution in [1.29, 1.82) is 0 Å².